The van der Waals surface area contributed by atoms with Crippen LogP contribution < -0.4 is 10.2 Å². The minimum Gasteiger partial charge on any atom is -0.370 e. The first kappa shape index (κ1) is 15.3. The zero-order valence-corrected chi connectivity index (χ0v) is 13.3. The highest BCUT2D eigenvalue weighted by atomic mass is 15.2. The van der Waals surface area contributed by atoms with E-state index < -0.39 is 0 Å². The second kappa shape index (κ2) is 7.07. The standard InChI is InChI=1S/C17H24N4/c1-5-18-16-13(2)17(20-14(3)19-16)21(4)12-11-15-9-7-6-8-10-15/h6-10H,5,11-12H2,1-4H3,(H,18,19,20). The summed E-state index contributed by atoms with van der Waals surface area (Å²) < 4.78 is 0. The predicted molar refractivity (Wildman–Crippen MR) is 89.1 cm³/mol. The van der Waals surface area contributed by atoms with Gasteiger partial charge in [-0.2, -0.15) is 0 Å². The fraction of sp³-hybridized carbons (Fsp3) is 0.412. The second-order valence-electron chi connectivity index (χ2n) is 5.26. The van der Waals surface area contributed by atoms with E-state index >= 15 is 0 Å². The molecule has 2 aromatic rings. The molecule has 21 heavy (non-hydrogen) atoms. The average Bonchev–Trinajstić information content (AvgIpc) is 2.49. The van der Waals surface area contributed by atoms with E-state index in [1.807, 2.05) is 13.0 Å². The maximum atomic E-state index is 4.60. The highest BCUT2D eigenvalue weighted by molar-refractivity contribution is 5.58. The molecule has 4 heteroatoms. The first-order valence-electron chi connectivity index (χ1n) is 7.46. The van der Waals surface area contributed by atoms with Crippen molar-refractivity contribution in [2.24, 2.45) is 0 Å². The van der Waals surface area contributed by atoms with Crippen molar-refractivity contribution in [3.8, 4) is 0 Å². The Morgan fingerprint density at radius 1 is 1.10 bits per heavy atom. The molecule has 0 saturated carbocycles. The van der Waals surface area contributed by atoms with E-state index in [1.165, 1.54) is 5.56 Å². The van der Waals surface area contributed by atoms with E-state index in [4.69, 9.17) is 0 Å². The Kier molecular flexibility index (Phi) is 5.14. The number of aromatic nitrogens is 2. The first-order valence-corrected chi connectivity index (χ1v) is 7.46. The average molecular weight is 284 g/mol. The lowest BCUT2D eigenvalue weighted by Crippen LogP contribution is -2.23. The number of nitrogens with zero attached hydrogens (tertiary/aromatic N) is 3. The number of anilines is 2. The third-order valence-electron chi connectivity index (χ3n) is 3.52. The molecule has 2 rings (SSSR count). The molecule has 0 fully saturated rings. The fourth-order valence-electron chi connectivity index (χ4n) is 2.37. The van der Waals surface area contributed by atoms with Crippen molar-refractivity contribution in [1.82, 2.24) is 9.97 Å². The van der Waals surface area contributed by atoms with Gasteiger partial charge in [0.2, 0.25) is 0 Å². The molecule has 0 atom stereocenters. The summed E-state index contributed by atoms with van der Waals surface area (Å²) in [7, 11) is 2.09. The Balaban J connectivity index is 2.13. The molecule has 1 N–H and O–H groups in total. The normalized spacial score (nSPS) is 10.5. The summed E-state index contributed by atoms with van der Waals surface area (Å²) in [5.41, 5.74) is 2.46. The number of hydrogen-bond acceptors (Lipinski definition) is 4. The molecular weight excluding hydrogens is 260 g/mol. The molecule has 1 aromatic carbocycles. The van der Waals surface area contributed by atoms with Crippen molar-refractivity contribution in [3.63, 3.8) is 0 Å². The number of rotatable bonds is 6. The molecule has 0 amide bonds. The number of aryl methyl sites for hydroxylation is 1. The summed E-state index contributed by atoms with van der Waals surface area (Å²) >= 11 is 0. The minimum atomic E-state index is 0.804. The van der Waals surface area contributed by atoms with Gasteiger partial charge in [0.05, 0.1) is 0 Å². The summed E-state index contributed by atoms with van der Waals surface area (Å²) in [6, 6.07) is 10.5. The van der Waals surface area contributed by atoms with E-state index in [1.54, 1.807) is 0 Å². The molecule has 0 aliphatic heterocycles. The van der Waals surface area contributed by atoms with Gasteiger partial charge < -0.3 is 10.2 Å². The highest BCUT2D eigenvalue weighted by Crippen LogP contribution is 2.22. The minimum absolute atomic E-state index is 0.804. The van der Waals surface area contributed by atoms with Gasteiger partial charge in [-0.3, -0.25) is 0 Å². The Bertz CT molecular complexity index is 581. The summed E-state index contributed by atoms with van der Waals surface area (Å²) in [5, 5.41) is 3.31. The molecular formula is C17H24N4. The lowest BCUT2D eigenvalue weighted by Gasteiger charge is -2.22. The fourth-order valence-corrected chi connectivity index (χ4v) is 2.37. The maximum absolute atomic E-state index is 4.60. The lowest BCUT2D eigenvalue weighted by molar-refractivity contribution is 0.842. The lowest BCUT2D eigenvalue weighted by atomic mass is 10.1. The van der Waals surface area contributed by atoms with Crippen molar-refractivity contribution < 1.29 is 0 Å². The predicted octanol–water partition coefficient (Wildman–Crippen LogP) is 3.20. The van der Waals surface area contributed by atoms with Gasteiger partial charge in [-0.15, -0.1) is 0 Å². The van der Waals surface area contributed by atoms with Crippen LogP contribution in [0.25, 0.3) is 0 Å². The van der Waals surface area contributed by atoms with Crippen molar-refractivity contribution >= 4 is 11.6 Å². The van der Waals surface area contributed by atoms with Crippen molar-refractivity contribution in [3.05, 3.63) is 47.3 Å². The number of hydrogen-bond donors (Lipinski definition) is 1. The number of benzene rings is 1. The van der Waals surface area contributed by atoms with Crippen LogP contribution in [0.4, 0.5) is 11.6 Å². The smallest absolute Gasteiger partial charge is 0.137 e. The molecule has 0 saturated heterocycles. The van der Waals surface area contributed by atoms with Gasteiger partial charge in [0.25, 0.3) is 0 Å². The van der Waals surface area contributed by atoms with E-state index in [2.05, 4.69) is 65.3 Å². The molecule has 0 aliphatic rings. The van der Waals surface area contributed by atoms with E-state index in [0.29, 0.717) is 0 Å². The van der Waals surface area contributed by atoms with Gasteiger partial charge in [0.15, 0.2) is 0 Å². The van der Waals surface area contributed by atoms with Crippen LogP contribution >= 0.6 is 0 Å². The summed E-state index contributed by atoms with van der Waals surface area (Å²) in [6.45, 7) is 7.90. The largest absolute Gasteiger partial charge is 0.370 e. The first-order chi connectivity index (χ1) is 10.1. The quantitative estimate of drug-likeness (QED) is 0.884. The molecule has 0 radical (unpaired) electrons. The third kappa shape index (κ3) is 3.94. The highest BCUT2D eigenvalue weighted by Gasteiger charge is 2.12. The van der Waals surface area contributed by atoms with Crippen LogP contribution in [-0.4, -0.2) is 30.1 Å². The van der Waals surface area contributed by atoms with Crippen LogP contribution in [-0.2, 0) is 6.42 Å². The van der Waals surface area contributed by atoms with Crippen molar-refractivity contribution in [1.29, 1.82) is 0 Å². The Morgan fingerprint density at radius 3 is 2.48 bits per heavy atom. The molecule has 112 valence electrons. The molecule has 0 aliphatic carbocycles. The number of nitrogens with one attached hydrogen (secondary N) is 1. The van der Waals surface area contributed by atoms with Crippen molar-refractivity contribution in [2.45, 2.75) is 27.2 Å². The van der Waals surface area contributed by atoms with Gasteiger partial charge in [-0.1, -0.05) is 30.3 Å². The molecule has 0 bridgehead atoms. The van der Waals surface area contributed by atoms with E-state index in [-0.39, 0.29) is 0 Å². The Morgan fingerprint density at radius 2 is 1.81 bits per heavy atom. The van der Waals surface area contributed by atoms with Gasteiger partial charge in [-0.05, 0) is 32.8 Å². The van der Waals surface area contributed by atoms with Crippen LogP contribution in [0.15, 0.2) is 30.3 Å². The van der Waals surface area contributed by atoms with Gasteiger partial charge in [0.1, 0.15) is 17.5 Å². The van der Waals surface area contributed by atoms with E-state index in [9.17, 15) is 0 Å². The molecule has 1 heterocycles. The van der Waals surface area contributed by atoms with Gasteiger partial charge >= 0.3 is 0 Å². The number of likely N-dealkylation sites (N-methyl/N-ethyl adjacent to an activating group) is 1. The summed E-state index contributed by atoms with van der Waals surface area (Å²) in [4.78, 5) is 11.3. The monoisotopic (exact) mass is 284 g/mol. The molecule has 4 nitrogen and oxygen atoms in total. The maximum Gasteiger partial charge on any atom is 0.137 e. The topological polar surface area (TPSA) is 41.1 Å². The van der Waals surface area contributed by atoms with Crippen LogP contribution in [0.3, 0.4) is 0 Å². The van der Waals surface area contributed by atoms with Crippen LogP contribution in [0, 0.1) is 13.8 Å². The van der Waals surface area contributed by atoms with Gasteiger partial charge in [-0.25, -0.2) is 9.97 Å². The van der Waals surface area contributed by atoms with Crippen LogP contribution in [0.1, 0.15) is 23.9 Å². The van der Waals surface area contributed by atoms with E-state index in [0.717, 1.165) is 42.5 Å². The zero-order valence-electron chi connectivity index (χ0n) is 13.3. The Hall–Kier alpha value is -2.10. The molecule has 1 aromatic heterocycles. The SMILES string of the molecule is CCNc1nc(C)nc(N(C)CCc2ccccc2)c1C. The van der Waals surface area contributed by atoms with Gasteiger partial charge in [0, 0.05) is 25.7 Å². The van der Waals surface area contributed by atoms with Crippen LogP contribution in [0.2, 0.25) is 0 Å². The second-order valence-corrected chi connectivity index (χ2v) is 5.26. The summed E-state index contributed by atoms with van der Waals surface area (Å²) in [6.07, 6.45) is 1.01. The van der Waals surface area contributed by atoms with Crippen LogP contribution in [0.5, 0.6) is 0 Å². The van der Waals surface area contributed by atoms with Crippen molar-refractivity contribution in [2.75, 3.05) is 30.4 Å². The third-order valence-corrected chi connectivity index (χ3v) is 3.52. The molecule has 0 unspecified atom stereocenters. The Labute approximate surface area is 127 Å². The zero-order chi connectivity index (χ0) is 15.2. The molecule has 0 spiro atoms. The summed E-state index contributed by atoms with van der Waals surface area (Å²) in [5.74, 6) is 2.75.